The summed E-state index contributed by atoms with van der Waals surface area (Å²) in [6.07, 6.45) is 2.89. The van der Waals surface area contributed by atoms with Crippen LogP contribution in [0.5, 0.6) is 11.5 Å². The van der Waals surface area contributed by atoms with E-state index in [1.54, 1.807) is 25.6 Å². The van der Waals surface area contributed by atoms with Crippen LogP contribution in [0.15, 0.2) is 23.6 Å². The molecule has 1 aliphatic heterocycles. The SMILES string of the molecule is CCCc1nc(C(=O)N2CC[C@H](c3cc(OC)ccc3OC)C2)cs1. The minimum absolute atomic E-state index is 0.0305. The fourth-order valence-electron chi connectivity index (χ4n) is 3.26. The molecule has 0 bridgehead atoms. The van der Waals surface area contributed by atoms with Crippen LogP contribution in [0.25, 0.3) is 0 Å². The Morgan fingerprint density at radius 3 is 2.92 bits per heavy atom. The molecule has 6 heteroatoms. The van der Waals surface area contributed by atoms with Crippen LogP contribution in [0.4, 0.5) is 0 Å². The van der Waals surface area contributed by atoms with Crippen LogP contribution < -0.4 is 9.47 Å². The fraction of sp³-hybridized carbons (Fsp3) is 0.474. The fourth-order valence-corrected chi connectivity index (χ4v) is 4.13. The average Bonchev–Trinajstić information content (AvgIpc) is 3.30. The van der Waals surface area contributed by atoms with Crippen molar-refractivity contribution in [2.75, 3.05) is 27.3 Å². The maximum absolute atomic E-state index is 12.7. The van der Waals surface area contributed by atoms with Gasteiger partial charge in [-0.05, 0) is 37.5 Å². The lowest BCUT2D eigenvalue weighted by atomic mass is 9.97. The number of ether oxygens (including phenoxy) is 2. The Morgan fingerprint density at radius 2 is 2.20 bits per heavy atom. The van der Waals surface area contributed by atoms with E-state index in [1.807, 2.05) is 28.5 Å². The lowest BCUT2D eigenvalue weighted by Crippen LogP contribution is -2.28. The summed E-state index contributed by atoms with van der Waals surface area (Å²) < 4.78 is 10.8. The molecule has 2 heterocycles. The van der Waals surface area contributed by atoms with Crippen molar-refractivity contribution in [2.24, 2.45) is 0 Å². The van der Waals surface area contributed by atoms with Gasteiger partial charge in [0, 0.05) is 30.0 Å². The number of methoxy groups -OCH3 is 2. The smallest absolute Gasteiger partial charge is 0.273 e. The number of likely N-dealkylation sites (tertiary alicyclic amines) is 1. The van der Waals surface area contributed by atoms with Crippen LogP contribution >= 0.6 is 11.3 Å². The van der Waals surface area contributed by atoms with Crippen molar-refractivity contribution in [3.63, 3.8) is 0 Å². The van der Waals surface area contributed by atoms with E-state index in [4.69, 9.17) is 9.47 Å². The Hall–Kier alpha value is -2.08. The summed E-state index contributed by atoms with van der Waals surface area (Å²) >= 11 is 1.57. The molecule has 1 aromatic heterocycles. The van der Waals surface area contributed by atoms with E-state index in [2.05, 4.69) is 11.9 Å². The zero-order chi connectivity index (χ0) is 17.8. The standard InChI is InChI=1S/C19H24N2O3S/c1-4-5-18-20-16(12-25-18)19(22)21-9-8-13(11-21)15-10-14(23-2)6-7-17(15)24-3/h6-7,10,12-13H,4-5,8-9,11H2,1-3H3/t13-/m0/s1. The lowest BCUT2D eigenvalue weighted by Gasteiger charge is -2.18. The topological polar surface area (TPSA) is 51.7 Å². The molecule has 1 fully saturated rings. The number of hydrogen-bond acceptors (Lipinski definition) is 5. The van der Waals surface area contributed by atoms with Gasteiger partial charge < -0.3 is 14.4 Å². The van der Waals surface area contributed by atoms with Gasteiger partial charge in [-0.3, -0.25) is 4.79 Å². The van der Waals surface area contributed by atoms with Crippen LogP contribution in [0.3, 0.4) is 0 Å². The van der Waals surface area contributed by atoms with Crippen molar-refractivity contribution in [2.45, 2.75) is 32.1 Å². The van der Waals surface area contributed by atoms with Crippen molar-refractivity contribution in [3.05, 3.63) is 39.8 Å². The number of benzene rings is 1. The number of rotatable bonds is 6. The highest BCUT2D eigenvalue weighted by Gasteiger charge is 2.30. The third-order valence-electron chi connectivity index (χ3n) is 4.59. The average molecular weight is 360 g/mol. The van der Waals surface area contributed by atoms with E-state index in [1.165, 1.54) is 0 Å². The summed E-state index contributed by atoms with van der Waals surface area (Å²) in [5, 5.41) is 2.92. The van der Waals surface area contributed by atoms with Gasteiger partial charge in [0.2, 0.25) is 0 Å². The van der Waals surface area contributed by atoms with E-state index >= 15 is 0 Å². The first-order chi connectivity index (χ1) is 12.2. The molecule has 1 aromatic carbocycles. The number of carbonyl (C=O) groups is 1. The second-order valence-electron chi connectivity index (χ2n) is 6.22. The van der Waals surface area contributed by atoms with E-state index in [9.17, 15) is 4.79 Å². The van der Waals surface area contributed by atoms with Gasteiger partial charge >= 0.3 is 0 Å². The number of aryl methyl sites for hydroxylation is 1. The van der Waals surface area contributed by atoms with Gasteiger partial charge in [0.25, 0.3) is 5.91 Å². The molecule has 1 saturated heterocycles. The molecule has 3 rings (SSSR count). The maximum atomic E-state index is 12.7. The number of hydrogen-bond donors (Lipinski definition) is 0. The summed E-state index contributed by atoms with van der Waals surface area (Å²) in [6, 6.07) is 5.83. The molecular formula is C19H24N2O3S. The normalized spacial score (nSPS) is 16.9. The summed E-state index contributed by atoms with van der Waals surface area (Å²) in [5.74, 6) is 1.94. The highest BCUT2D eigenvalue weighted by atomic mass is 32.1. The molecule has 5 nitrogen and oxygen atoms in total. The van der Waals surface area contributed by atoms with Crippen LogP contribution in [-0.4, -0.2) is 43.1 Å². The summed E-state index contributed by atoms with van der Waals surface area (Å²) in [7, 11) is 3.33. The van der Waals surface area contributed by atoms with E-state index in [0.717, 1.165) is 47.9 Å². The third-order valence-corrected chi connectivity index (χ3v) is 5.50. The number of aromatic nitrogens is 1. The molecule has 0 aliphatic carbocycles. The predicted molar refractivity (Wildman–Crippen MR) is 98.9 cm³/mol. The highest BCUT2D eigenvalue weighted by Crippen LogP contribution is 2.36. The molecule has 134 valence electrons. The quantitative estimate of drug-likeness (QED) is 0.787. The number of nitrogens with zero attached hydrogens (tertiary/aromatic N) is 2. The highest BCUT2D eigenvalue weighted by molar-refractivity contribution is 7.09. The van der Waals surface area contributed by atoms with E-state index in [-0.39, 0.29) is 11.8 Å². The van der Waals surface area contributed by atoms with E-state index < -0.39 is 0 Å². The minimum Gasteiger partial charge on any atom is -0.497 e. The van der Waals surface area contributed by atoms with Gasteiger partial charge in [0.1, 0.15) is 17.2 Å². The van der Waals surface area contributed by atoms with Gasteiger partial charge in [-0.25, -0.2) is 4.98 Å². The van der Waals surface area contributed by atoms with Crippen molar-refractivity contribution in [3.8, 4) is 11.5 Å². The molecule has 1 aliphatic rings. The first-order valence-electron chi connectivity index (χ1n) is 8.61. The van der Waals surface area contributed by atoms with Crippen molar-refractivity contribution in [1.82, 2.24) is 9.88 Å². The van der Waals surface area contributed by atoms with Gasteiger partial charge in [-0.2, -0.15) is 0 Å². The van der Waals surface area contributed by atoms with Gasteiger partial charge in [-0.15, -0.1) is 11.3 Å². The Labute approximate surface area is 152 Å². The molecule has 0 radical (unpaired) electrons. The molecule has 0 spiro atoms. The zero-order valence-corrected chi connectivity index (χ0v) is 15.8. The monoisotopic (exact) mass is 360 g/mol. The number of amides is 1. The maximum Gasteiger partial charge on any atom is 0.273 e. The largest absolute Gasteiger partial charge is 0.497 e. The van der Waals surface area contributed by atoms with Gasteiger partial charge in [-0.1, -0.05) is 6.92 Å². The number of thiazole rings is 1. The molecule has 0 N–H and O–H groups in total. The summed E-state index contributed by atoms with van der Waals surface area (Å²) in [6.45, 7) is 3.54. The molecule has 2 aromatic rings. The molecule has 1 amide bonds. The lowest BCUT2D eigenvalue weighted by molar-refractivity contribution is 0.0785. The zero-order valence-electron chi connectivity index (χ0n) is 14.9. The Kier molecular flexibility index (Phi) is 5.58. The molecule has 0 unspecified atom stereocenters. The van der Waals surface area contributed by atoms with Crippen molar-refractivity contribution >= 4 is 17.2 Å². The van der Waals surface area contributed by atoms with Crippen LogP contribution in [0.1, 0.15) is 46.7 Å². The molecule has 25 heavy (non-hydrogen) atoms. The Balaban J connectivity index is 1.73. The molecule has 1 atom stereocenters. The van der Waals surface area contributed by atoms with Crippen LogP contribution in [0, 0.1) is 0 Å². The van der Waals surface area contributed by atoms with Crippen LogP contribution in [0.2, 0.25) is 0 Å². The summed E-state index contributed by atoms with van der Waals surface area (Å²) in [5.41, 5.74) is 1.67. The van der Waals surface area contributed by atoms with Crippen molar-refractivity contribution < 1.29 is 14.3 Å². The number of carbonyl (C=O) groups excluding carboxylic acids is 1. The predicted octanol–water partition coefficient (Wildman–Crippen LogP) is 3.74. The van der Waals surface area contributed by atoms with E-state index in [0.29, 0.717) is 12.2 Å². The van der Waals surface area contributed by atoms with Crippen LogP contribution in [-0.2, 0) is 6.42 Å². The second kappa shape index (κ2) is 7.87. The molecule has 0 saturated carbocycles. The molecular weight excluding hydrogens is 336 g/mol. The third kappa shape index (κ3) is 3.79. The minimum atomic E-state index is 0.0305. The Bertz CT molecular complexity index is 744. The summed E-state index contributed by atoms with van der Waals surface area (Å²) in [4.78, 5) is 19.1. The van der Waals surface area contributed by atoms with Gasteiger partial charge in [0.05, 0.1) is 19.2 Å². The first-order valence-corrected chi connectivity index (χ1v) is 9.49. The second-order valence-corrected chi connectivity index (χ2v) is 7.16. The van der Waals surface area contributed by atoms with Crippen molar-refractivity contribution in [1.29, 1.82) is 0 Å². The van der Waals surface area contributed by atoms with Gasteiger partial charge in [0.15, 0.2) is 0 Å². The first kappa shape index (κ1) is 17.7. The Morgan fingerprint density at radius 1 is 1.36 bits per heavy atom.